The van der Waals surface area contributed by atoms with Gasteiger partial charge in [-0.2, -0.15) is 0 Å². The molecular weight excluding hydrogens is 703 g/mol. The van der Waals surface area contributed by atoms with E-state index in [9.17, 15) is 0 Å². The molecule has 44 heavy (non-hydrogen) atoms. The summed E-state index contributed by atoms with van der Waals surface area (Å²) >= 11 is -3.94. The van der Waals surface area contributed by atoms with Crippen molar-refractivity contribution in [2.75, 3.05) is 0 Å². The largest absolute Gasteiger partial charge is 0.147 e. The van der Waals surface area contributed by atoms with Gasteiger partial charge in [0.1, 0.15) is 0 Å². The molecule has 2 unspecified atom stereocenters. The van der Waals surface area contributed by atoms with Crippen LogP contribution in [0.5, 0.6) is 0 Å². The maximum Gasteiger partial charge on any atom is -0.147 e. The van der Waals surface area contributed by atoms with E-state index in [1.807, 2.05) is 0 Å². The molecule has 0 aliphatic heterocycles. The minimum atomic E-state index is -3.94. The molecule has 4 aromatic rings. The molecule has 6 rings (SSSR count). The molecule has 0 fully saturated rings. The van der Waals surface area contributed by atoms with Gasteiger partial charge in [0.15, 0.2) is 0 Å². The zero-order chi connectivity index (χ0) is 30.1. The second-order valence-electron chi connectivity index (χ2n) is 15.1. The van der Waals surface area contributed by atoms with Crippen LogP contribution in [0.2, 0.25) is 39.3 Å². The summed E-state index contributed by atoms with van der Waals surface area (Å²) in [5.41, 5.74) is 15.0. The summed E-state index contributed by atoms with van der Waals surface area (Å²) in [5, 5.41) is -3.48. The molecular formula is C38H48Cl2Si3Zr. The first-order valence-corrected chi connectivity index (χ1v) is 38.7. The molecule has 2 aliphatic rings. The van der Waals surface area contributed by atoms with E-state index in [1.54, 1.807) is 22.3 Å². The third-order valence-electron chi connectivity index (χ3n) is 11.6. The summed E-state index contributed by atoms with van der Waals surface area (Å²) in [7, 11) is 0. The first-order valence-electron chi connectivity index (χ1n) is 15.5. The van der Waals surface area contributed by atoms with E-state index in [4.69, 9.17) is 0 Å². The maximum absolute atomic E-state index is 3.94. The van der Waals surface area contributed by atoms with E-state index in [0.29, 0.717) is 7.25 Å². The van der Waals surface area contributed by atoms with Crippen LogP contribution in [-0.4, -0.2) is 17.3 Å². The standard InChI is InChI=1S/2C16H13.2C3H9Si.2ClH.H2Si.Zr/c2*1-12-10-14-8-5-9-15(16(14)11-12)13-6-3-2-4-7-13;2*1-4(2)3;;;;/h2*2-11H,1H3;2*1-3H3;2*1H;1H2;. The Bertz CT molecular complexity index is 1690. The Kier molecular flexibility index (Phi) is 9.84. The SMILES string of the molecule is CC1=Cc2c(-c3ccccc3)cccc2[CH]1[Zr](=[SiH2])([CH]1C(C)=Cc2c(-c3ccccc3)cccc21)([Si](C)(C)C)[Si](C)(C)C.Cl.Cl. The molecule has 0 spiro atoms. The Morgan fingerprint density at radius 2 is 0.841 bits per heavy atom. The molecule has 230 valence electrons. The van der Waals surface area contributed by atoms with E-state index in [-0.39, 0.29) is 24.8 Å². The minimum absolute atomic E-state index is 0. The van der Waals surface area contributed by atoms with E-state index < -0.39 is 26.1 Å². The molecule has 0 saturated carbocycles. The van der Waals surface area contributed by atoms with Crippen molar-refractivity contribution in [1.82, 2.24) is 0 Å². The van der Waals surface area contributed by atoms with Gasteiger partial charge < -0.3 is 0 Å². The second kappa shape index (κ2) is 12.2. The molecule has 6 heteroatoms. The maximum atomic E-state index is 2.78. The van der Waals surface area contributed by atoms with Crippen LogP contribution in [0.3, 0.4) is 0 Å². The Morgan fingerprint density at radius 1 is 0.500 bits per heavy atom. The number of rotatable bonds is 6. The van der Waals surface area contributed by atoms with Crippen LogP contribution in [0.4, 0.5) is 0 Å². The summed E-state index contributed by atoms with van der Waals surface area (Å²) in [6.07, 6.45) is 5.22. The van der Waals surface area contributed by atoms with Crippen molar-refractivity contribution in [2.45, 2.75) is 60.4 Å². The first-order chi connectivity index (χ1) is 19.8. The zero-order valence-corrected chi connectivity index (χ0v) is 35.1. The van der Waals surface area contributed by atoms with Crippen molar-refractivity contribution >= 4 is 54.2 Å². The van der Waals surface area contributed by atoms with Crippen LogP contribution < -0.4 is 0 Å². The van der Waals surface area contributed by atoms with Gasteiger partial charge in [0, 0.05) is 0 Å². The summed E-state index contributed by atoms with van der Waals surface area (Å²) in [6, 6.07) is 36.6. The van der Waals surface area contributed by atoms with Crippen molar-refractivity contribution in [3.8, 4) is 22.3 Å². The van der Waals surface area contributed by atoms with Crippen LogP contribution in [-0.2, 0) is 15.7 Å². The molecule has 2 atom stereocenters. The topological polar surface area (TPSA) is 0 Å². The van der Waals surface area contributed by atoms with Crippen molar-refractivity contribution in [3.05, 3.63) is 130 Å². The molecule has 0 heterocycles. The molecule has 0 radical (unpaired) electrons. The second-order valence-corrected chi connectivity index (χ2v) is 91.4. The van der Waals surface area contributed by atoms with Crippen molar-refractivity contribution in [3.63, 3.8) is 0 Å². The monoisotopic (exact) mass is 748 g/mol. The Hall–Kier alpha value is -1.53. The Labute approximate surface area is 280 Å². The number of benzene rings is 4. The molecule has 0 aromatic heterocycles. The Morgan fingerprint density at radius 3 is 1.16 bits per heavy atom. The minimum Gasteiger partial charge on any atom is -0.147 e. The molecule has 0 bridgehead atoms. The molecule has 0 saturated heterocycles. The normalized spacial score (nSPS) is 17.9. The van der Waals surface area contributed by atoms with Crippen molar-refractivity contribution < 1.29 is 15.7 Å². The molecule has 0 N–H and O–H groups in total. The number of hydrogen-bond acceptors (Lipinski definition) is 0. The van der Waals surface area contributed by atoms with Gasteiger partial charge in [-0.15, -0.1) is 24.8 Å². The predicted molar refractivity (Wildman–Crippen MR) is 206 cm³/mol. The van der Waals surface area contributed by atoms with Gasteiger partial charge >= 0.3 is 258 Å². The average Bonchev–Trinajstić information content (AvgIpc) is 3.48. The van der Waals surface area contributed by atoms with Gasteiger partial charge in [0.25, 0.3) is 0 Å². The number of allylic oxidation sites excluding steroid dienone is 2. The van der Waals surface area contributed by atoms with Crippen LogP contribution >= 0.6 is 24.8 Å². The fraction of sp³-hybridized carbons (Fsp3) is 0.263. The van der Waals surface area contributed by atoms with Gasteiger partial charge in [-0.25, -0.2) is 0 Å². The van der Waals surface area contributed by atoms with E-state index in [1.165, 1.54) is 33.4 Å². The van der Waals surface area contributed by atoms with Gasteiger partial charge in [-0.1, -0.05) is 0 Å². The predicted octanol–water partition coefficient (Wildman–Crippen LogP) is 11.4. The van der Waals surface area contributed by atoms with E-state index in [2.05, 4.69) is 169 Å². The summed E-state index contributed by atoms with van der Waals surface area (Å²) in [5.74, 6) is 0. The average molecular weight is 751 g/mol. The third kappa shape index (κ3) is 4.81. The number of hydrogen-bond donors (Lipinski definition) is 0. The van der Waals surface area contributed by atoms with Gasteiger partial charge in [0.2, 0.25) is 0 Å². The summed E-state index contributed by atoms with van der Waals surface area (Å²) < 4.78 is 1.17. The van der Waals surface area contributed by atoms with E-state index in [0.717, 1.165) is 0 Å². The van der Waals surface area contributed by atoms with Crippen molar-refractivity contribution in [2.24, 2.45) is 0 Å². The quantitative estimate of drug-likeness (QED) is 0.172. The smallest absolute Gasteiger partial charge is 0.147 e. The third-order valence-corrected chi connectivity index (χ3v) is 157. The fourth-order valence-electron chi connectivity index (χ4n) is 9.62. The van der Waals surface area contributed by atoms with Gasteiger partial charge in [-0.05, 0) is 0 Å². The first kappa shape index (κ1) is 35.3. The van der Waals surface area contributed by atoms with Crippen molar-refractivity contribution in [1.29, 1.82) is 0 Å². The van der Waals surface area contributed by atoms with Gasteiger partial charge in [-0.3, -0.25) is 0 Å². The van der Waals surface area contributed by atoms with Gasteiger partial charge in [0.05, 0.1) is 0 Å². The van der Waals surface area contributed by atoms with Crippen LogP contribution in [0.1, 0.15) is 43.4 Å². The zero-order valence-electron chi connectivity index (χ0n) is 27.6. The summed E-state index contributed by atoms with van der Waals surface area (Å²) in [6.45, 7) is 24.3. The Balaban J connectivity index is 0.00000221. The van der Waals surface area contributed by atoms with Crippen LogP contribution in [0.25, 0.3) is 34.4 Å². The molecule has 4 aromatic carbocycles. The fourth-order valence-corrected chi connectivity index (χ4v) is 124. The molecule has 2 aliphatic carbocycles. The van der Waals surface area contributed by atoms with E-state index >= 15 is 0 Å². The summed E-state index contributed by atoms with van der Waals surface area (Å²) in [4.78, 5) is 0. The van der Waals surface area contributed by atoms with Crippen LogP contribution in [0.15, 0.2) is 108 Å². The number of fused-ring (bicyclic) bond motifs is 2. The molecule has 0 amide bonds. The van der Waals surface area contributed by atoms with Crippen LogP contribution in [0, 0.1) is 0 Å². The number of halogens is 2. The molecule has 0 nitrogen and oxygen atoms in total.